The lowest BCUT2D eigenvalue weighted by Crippen LogP contribution is -2.47. The molecule has 1 N–H and O–H groups in total. The topological polar surface area (TPSA) is 43.8 Å². The van der Waals surface area contributed by atoms with Gasteiger partial charge in [0.2, 0.25) is 0 Å². The summed E-state index contributed by atoms with van der Waals surface area (Å²) in [6.45, 7) is 4.21. The second-order valence-electron chi connectivity index (χ2n) is 6.71. The molecule has 2 aliphatic rings. The molecule has 0 aromatic carbocycles. The standard InChI is InChI=1S/C15H28N2O2/c1-16-9-4-13(5-10-16)6-11-17(2)12-15(14(18)19)7-3-8-15/h13H,3-12H2,1-2H3,(H,18,19). The van der Waals surface area contributed by atoms with Crippen LogP contribution < -0.4 is 0 Å². The third-order valence-corrected chi connectivity index (χ3v) is 5.09. The lowest BCUT2D eigenvalue weighted by molar-refractivity contribution is -0.156. The summed E-state index contributed by atoms with van der Waals surface area (Å²) in [5.41, 5.74) is -0.429. The predicted molar refractivity (Wildman–Crippen MR) is 76.3 cm³/mol. The molecule has 0 bridgehead atoms. The van der Waals surface area contributed by atoms with Gasteiger partial charge in [-0.25, -0.2) is 0 Å². The SMILES string of the molecule is CN1CCC(CCN(C)CC2(C(=O)O)CCC2)CC1. The first kappa shape index (κ1) is 14.8. The second kappa shape index (κ2) is 6.23. The monoisotopic (exact) mass is 268 g/mol. The Morgan fingerprint density at radius 1 is 1.37 bits per heavy atom. The van der Waals surface area contributed by atoms with Gasteiger partial charge in [0.05, 0.1) is 5.41 Å². The molecule has 4 nitrogen and oxygen atoms in total. The van der Waals surface area contributed by atoms with Crippen LogP contribution in [0.15, 0.2) is 0 Å². The molecule has 1 saturated heterocycles. The highest BCUT2D eigenvalue weighted by Crippen LogP contribution is 2.41. The Morgan fingerprint density at radius 2 is 2.00 bits per heavy atom. The molecule has 2 rings (SSSR count). The lowest BCUT2D eigenvalue weighted by atomic mass is 9.68. The Balaban J connectivity index is 1.69. The van der Waals surface area contributed by atoms with Crippen LogP contribution in [0.25, 0.3) is 0 Å². The smallest absolute Gasteiger partial charge is 0.310 e. The highest BCUT2D eigenvalue weighted by molar-refractivity contribution is 5.76. The summed E-state index contributed by atoms with van der Waals surface area (Å²) < 4.78 is 0. The van der Waals surface area contributed by atoms with Crippen LogP contribution in [0.3, 0.4) is 0 Å². The van der Waals surface area contributed by atoms with Crippen molar-refractivity contribution < 1.29 is 9.90 Å². The lowest BCUT2D eigenvalue weighted by Gasteiger charge is -2.40. The fourth-order valence-electron chi connectivity index (χ4n) is 3.39. The van der Waals surface area contributed by atoms with Gasteiger partial charge in [-0.1, -0.05) is 6.42 Å². The average molecular weight is 268 g/mol. The van der Waals surface area contributed by atoms with Crippen molar-refractivity contribution in [3.63, 3.8) is 0 Å². The highest BCUT2D eigenvalue weighted by atomic mass is 16.4. The first-order valence-corrected chi connectivity index (χ1v) is 7.62. The van der Waals surface area contributed by atoms with Gasteiger partial charge in [0, 0.05) is 6.54 Å². The maximum Gasteiger partial charge on any atom is 0.310 e. The van der Waals surface area contributed by atoms with Crippen molar-refractivity contribution in [3.05, 3.63) is 0 Å². The Kier molecular flexibility index (Phi) is 4.85. The summed E-state index contributed by atoms with van der Waals surface area (Å²) in [6, 6.07) is 0. The van der Waals surface area contributed by atoms with Crippen molar-refractivity contribution in [2.45, 2.75) is 38.5 Å². The number of hydrogen-bond acceptors (Lipinski definition) is 3. The quantitative estimate of drug-likeness (QED) is 0.799. The summed E-state index contributed by atoms with van der Waals surface area (Å²) in [7, 11) is 4.27. The van der Waals surface area contributed by atoms with E-state index in [1.165, 1.54) is 32.4 Å². The van der Waals surface area contributed by atoms with Gasteiger partial charge in [0.15, 0.2) is 0 Å². The Bertz CT molecular complexity index is 307. The van der Waals surface area contributed by atoms with Gasteiger partial charge >= 0.3 is 5.97 Å². The van der Waals surface area contributed by atoms with Crippen LogP contribution in [-0.4, -0.2) is 61.2 Å². The third-order valence-electron chi connectivity index (χ3n) is 5.09. The fraction of sp³-hybridized carbons (Fsp3) is 0.933. The van der Waals surface area contributed by atoms with Gasteiger partial charge in [-0.2, -0.15) is 0 Å². The normalized spacial score (nSPS) is 24.4. The van der Waals surface area contributed by atoms with E-state index in [0.717, 1.165) is 38.3 Å². The van der Waals surface area contributed by atoms with Crippen molar-refractivity contribution in [1.29, 1.82) is 0 Å². The highest BCUT2D eigenvalue weighted by Gasteiger charge is 2.44. The van der Waals surface area contributed by atoms with Crippen molar-refractivity contribution in [1.82, 2.24) is 9.80 Å². The molecule has 1 aliphatic heterocycles. The Hall–Kier alpha value is -0.610. The van der Waals surface area contributed by atoms with Crippen LogP contribution in [0.2, 0.25) is 0 Å². The minimum atomic E-state index is -0.593. The Labute approximate surface area is 116 Å². The van der Waals surface area contributed by atoms with E-state index in [1.807, 2.05) is 0 Å². The second-order valence-corrected chi connectivity index (χ2v) is 6.71. The van der Waals surface area contributed by atoms with Crippen LogP contribution in [-0.2, 0) is 4.79 Å². The van der Waals surface area contributed by atoms with E-state index in [0.29, 0.717) is 0 Å². The molecule has 0 unspecified atom stereocenters. The summed E-state index contributed by atoms with van der Waals surface area (Å²) in [5, 5.41) is 9.35. The van der Waals surface area contributed by atoms with E-state index in [4.69, 9.17) is 0 Å². The summed E-state index contributed by atoms with van der Waals surface area (Å²) in [4.78, 5) is 16.0. The first-order chi connectivity index (χ1) is 9.02. The van der Waals surface area contributed by atoms with Crippen LogP contribution in [0, 0.1) is 11.3 Å². The number of rotatable bonds is 6. The summed E-state index contributed by atoms with van der Waals surface area (Å²) in [6.07, 6.45) is 6.62. The van der Waals surface area contributed by atoms with Crippen LogP contribution in [0.4, 0.5) is 0 Å². The van der Waals surface area contributed by atoms with E-state index in [9.17, 15) is 9.90 Å². The van der Waals surface area contributed by atoms with Gasteiger partial charge in [0.25, 0.3) is 0 Å². The van der Waals surface area contributed by atoms with Gasteiger partial charge in [-0.05, 0) is 71.8 Å². The van der Waals surface area contributed by atoms with Gasteiger partial charge < -0.3 is 14.9 Å². The first-order valence-electron chi connectivity index (χ1n) is 7.62. The molecule has 1 heterocycles. The molecule has 4 heteroatoms. The molecule has 0 aromatic heterocycles. The van der Waals surface area contributed by atoms with Crippen molar-refractivity contribution in [2.24, 2.45) is 11.3 Å². The maximum atomic E-state index is 11.3. The van der Waals surface area contributed by atoms with E-state index in [-0.39, 0.29) is 0 Å². The molecule has 110 valence electrons. The average Bonchev–Trinajstić information content (AvgIpc) is 2.32. The van der Waals surface area contributed by atoms with Crippen LogP contribution >= 0.6 is 0 Å². The molecule has 0 amide bonds. The Morgan fingerprint density at radius 3 is 2.47 bits per heavy atom. The van der Waals surface area contributed by atoms with E-state index in [2.05, 4.69) is 23.9 Å². The van der Waals surface area contributed by atoms with Crippen LogP contribution in [0.1, 0.15) is 38.5 Å². The zero-order chi connectivity index (χ0) is 13.9. The van der Waals surface area contributed by atoms with E-state index < -0.39 is 11.4 Å². The zero-order valence-electron chi connectivity index (χ0n) is 12.4. The zero-order valence-corrected chi connectivity index (χ0v) is 12.4. The number of likely N-dealkylation sites (tertiary alicyclic amines) is 1. The fourth-order valence-corrected chi connectivity index (χ4v) is 3.39. The van der Waals surface area contributed by atoms with E-state index in [1.54, 1.807) is 0 Å². The minimum absolute atomic E-state index is 0.429. The number of piperidine rings is 1. The van der Waals surface area contributed by atoms with Gasteiger partial charge in [-0.3, -0.25) is 4.79 Å². The molecule has 0 radical (unpaired) electrons. The largest absolute Gasteiger partial charge is 0.481 e. The molecular weight excluding hydrogens is 240 g/mol. The third kappa shape index (κ3) is 3.69. The molecule has 1 aliphatic carbocycles. The number of nitrogens with zero attached hydrogens (tertiary/aromatic N) is 2. The summed E-state index contributed by atoms with van der Waals surface area (Å²) >= 11 is 0. The maximum absolute atomic E-state index is 11.3. The number of carboxylic acids is 1. The number of carboxylic acid groups (broad SMARTS) is 1. The molecule has 0 spiro atoms. The molecule has 2 fully saturated rings. The summed E-state index contributed by atoms with van der Waals surface area (Å²) in [5.74, 6) is 0.241. The molecular formula is C15H28N2O2. The molecule has 1 saturated carbocycles. The van der Waals surface area contributed by atoms with Crippen LogP contribution in [0.5, 0.6) is 0 Å². The van der Waals surface area contributed by atoms with Crippen molar-refractivity contribution >= 4 is 5.97 Å². The predicted octanol–water partition coefficient (Wildman–Crippen LogP) is 1.90. The number of hydrogen-bond donors (Lipinski definition) is 1. The molecule has 0 aromatic rings. The van der Waals surface area contributed by atoms with Crippen molar-refractivity contribution in [3.8, 4) is 0 Å². The van der Waals surface area contributed by atoms with Gasteiger partial charge in [0.1, 0.15) is 0 Å². The molecule has 0 atom stereocenters. The number of carbonyl (C=O) groups is 1. The van der Waals surface area contributed by atoms with Crippen molar-refractivity contribution in [2.75, 3.05) is 40.3 Å². The minimum Gasteiger partial charge on any atom is -0.481 e. The van der Waals surface area contributed by atoms with E-state index >= 15 is 0 Å². The number of aliphatic carboxylic acids is 1. The molecule has 19 heavy (non-hydrogen) atoms. The van der Waals surface area contributed by atoms with Gasteiger partial charge in [-0.15, -0.1) is 0 Å².